The van der Waals surface area contributed by atoms with Gasteiger partial charge in [-0.2, -0.15) is 0 Å². The third kappa shape index (κ3) is 3.50. The van der Waals surface area contributed by atoms with E-state index >= 15 is 0 Å². The van der Waals surface area contributed by atoms with Crippen LogP contribution in [0.25, 0.3) is 0 Å². The van der Waals surface area contributed by atoms with Crippen molar-refractivity contribution in [1.82, 2.24) is 0 Å². The Morgan fingerprint density at radius 1 is 1.12 bits per heavy atom. The number of carbonyl (C=O) groups is 2. The average molecular weight is 339 g/mol. The number of amides is 1. The number of para-hydroxylation sites is 3. The molecule has 0 spiro atoms. The normalized spacial score (nSPS) is 16.8. The summed E-state index contributed by atoms with van der Waals surface area (Å²) in [5, 5.41) is 0. The molecule has 0 bridgehead atoms. The largest absolute Gasteiger partial charge is 0.493 e. The number of hydrogen-bond acceptors (Lipinski definition) is 4. The summed E-state index contributed by atoms with van der Waals surface area (Å²) in [7, 11) is 1.52. The van der Waals surface area contributed by atoms with Crippen LogP contribution in [0.2, 0.25) is 0 Å². The van der Waals surface area contributed by atoms with E-state index in [1.165, 1.54) is 7.11 Å². The van der Waals surface area contributed by atoms with Crippen molar-refractivity contribution >= 4 is 17.6 Å². The van der Waals surface area contributed by atoms with E-state index in [-0.39, 0.29) is 12.3 Å². The first-order chi connectivity index (χ1) is 12.1. The molecule has 0 N–H and O–H groups in total. The molecule has 0 saturated carbocycles. The van der Waals surface area contributed by atoms with Gasteiger partial charge in [0, 0.05) is 18.7 Å². The van der Waals surface area contributed by atoms with Gasteiger partial charge < -0.3 is 14.4 Å². The second-order valence-corrected chi connectivity index (χ2v) is 5.96. The van der Waals surface area contributed by atoms with E-state index in [9.17, 15) is 9.59 Å². The summed E-state index contributed by atoms with van der Waals surface area (Å²) in [6.45, 7) is 2.39. The van der Waals surface area contributed by atoms with Crippen molar-refractivity contribution < 1.29 is 19.1 Å². The molecule has 2 aromatic carbocycles. The number of benzene rings is 2. The first kappa shape index (κ1) is 17.0. The maximum Gasteiger partial charge on any atom is 0.316 e. The molecule has 2 aromatic rings. The Hall–Kier alpha value is -2.82. The third-order valence-electron chi connectivity index (χ3n) is 4.40. The van der Waals surface area contributed by atoms with Gasteiger partial charge in [0.25, 0.3) is 0 Å². The molecule has 1 aliphatic rings. The van der Waals surface area contributed by atoms with Gasteiger partial charge in [-0.1, -0.05) is 37.3 Å². The molecule has 1 saturated heterocycles. The van der Waals surface area contributed by atoms with Crippen molar-refractivity contribution in [3.63, 3.8) is 0 Å². The monoisotopic (exact) mass is 339 g/mol. The molecule has 1 amide bonds. The lowest BCUT2D eigenvalue weighted by atomic mass is 10.1. The van der Waals surface area contributed by atoms with Crippen LogP contribution in [0, 0.1) is 5.92 Å². The number of rotatable bonds is 5. The van der Waals surface area contributed by atoms with Crippen LogP contribution < -0.4 is 14.4 Å². The third-order valence-corrected chi connectivity index (χ3v) is 4.40. The van der Waals surface area contributed by atoms with Gasteiger partial charge in [-0.15, -0.1) is 0 Å². The Morgan fingerprint density at radius 2 is 1.80 bits per heavy atom. The number of ether oxygens (including phenoxy) is 2. The molecule has 0 aromatic heterocycles. The van der Waals surface area contributed by atoms with Gasteiger partial charge in [0.1, 0.15) is 0 Å². The van der Waals surface area contributed by atoms with Gasteiger partial charge in [0.15, 0.2) is 11.5 Å². The fourth-order valence-corrected chi connectivity index (χ4v) is 3.07. The smallest absolute Gasteiger partial charge is 0.316 e. The number of esters is 1. The van der Waals surface area contributed by atoms with Gasteiger partial charge in [0.2, 0.25) is 5.91 Å². The van der Waals surface area contributed by atoms with Crippen LogP contribution in [-0.2, 0) is 16.0 Å². The molecule has 5 nitrogen and oxygen atoms in total. The van der Waals surface area contributed by atoms with Crippen molar-refractivity contribution in [2.75, 3.05) is 18.6 Å². The highest BCUT2D eigenvalue weighted by atomic mass is 16.6. The van der Waals surface area contributed by atoms with Crippen molar-refractivity contribution in [2.45, 2.75) is 19.8 Å². The minimum absolute atomic E-state index is 0.0529. The topological polar surface area (TPSA) is 55.8 Å². The van der Waals surface area contributed by atoms with Crippen LogP contribution >= 0.6 is 0 Å². The molecule has 1 heterocycles. The van der Waals surface area contributed by atoms with E-state index < -0.39 is 11.9 Å². The van der Waals surface area contributed by atoms with E-state index in [4.69, 9.17) is 9.47 Å². The first-order valence-corrected chi connectivity index (χ1v) is 8.37. The summed E-state index contributed by atoms with van der Waals surface area (Å²) in [6, 6.07) is 14.8. The fraction of sp³-hybridized carbons (Fsp3) is 0.300. The fourth-order valence-electron chi connectivity index (χ4n) is 3.07. The molecule has 0 aliphatic carbocycles. The van der Waals surface area contributed by atoms with Gasteiger partial charge in [-0.25, -0.2) is 0 Å². The Kier molecular flexibility index (Phi) is 5.03. The summed E-state index contributed by atoms with van der Waals surface area (Å²) >= 11 is 0. The zero-order chi connectivity index (χ0) is 17.8. The molecule has 1 aliphatic heterocycles. The van der Waals surface area contributed by atoms with Crippen LogP contribution in [-0.4, -0.2) is 25.5 Å². The summed E-state index contributed by atoms with van der Waals surface area (Å²) in [6.07, 6.45) is 0.988. The SMILES string of the molecule is CCc1ccccc1N1C[C@H](C(=O)Oc2ccccc2OC)CC1=O. The zero-order valence-electron chi connectivity index (χ0n) is 14.4. The number of carbonyl (C=O) groups excluding carboxylic acids is 2. The van der Waals surface area contributed by atoms with Crippen molar-refractivity contribution in [3.05, 3.63) is 54.1 Å². The predicted molar refractivity (Wildman–Crippen MR) is 94.9 cm³/mol. The molecule has 1 atom stereocenters. The summed E-state index contributed by atoms with van der Waals surface area (Å²) in [4.78, 5) is 26.6. The maximum atomic E-state index is 12.5. The molecule has 25 heavy (non-hydrogen) atoms. The molecule has 130 valence electrons. The van der Waals surface area contributed by atoms with Crippen LogP contribution in [0.4, 0.5) is 5.69 Å². The van der Waals surface area contributed by atoms with Crippen LogP contribution in [0.3, 0.4) is 0 Å². The van der Waals surface area contributed by atoms with Crippen LogP contribution in [0.15, 0.2) is 48.5 Å². The Balaban J connectivity index is 1.75. The van der Waals surface area contributed by atoms with Gasteiger partial charge in [-0.05, 0) is 30.2 Å². The van der Waals surface area contributed by atoms with Crippen LogP contribution in [0.1, 0.15) is 18.9 Å². The van der Waals surface area contributed by atoms with E-state index in [1.807, 2.05) is 31.2 Å². The first-order valence-electron chi connectivity index (χ1n) is 8.37. The van der Waals surface area contributed by atoms with E-state index in [2.05, 4.69) is 0 Å². The molecular weight excluding hydrogens is 318 g/mol. The molecule has 0 radical (unpaired) electrons. The molecule has 0 unspecified atom stereocenters. The van der Waals surface area contributed by atoms with Crippen LogP contribution in [0.5, 0.6) is 11.5 Å². The van der Waals surface area contributed by atoms with E-state index in [1.54, 1.807) is 29.2 Å². The number of aryl methyl sites for hydroxylation is 1. The van der Waals surface area contributed by atoms with Gasteiger partial charge >= 0.3 is 5.97 Å². The molecule has 3 rings (SSSR count). The van der Waals surface area contributed by atoms with E-state index in [0.717, 1.165) is 17.7 Å². The Morgan fingerprint density at radius 3 is 2.52 bits per heavy atom. The number of methoxy groups -OCH3 is 1. The minimum atomic E-state index is -0.484. The van der Waals surface area contributed by atoms with Crippen molar-refractivity contribution in [2.24, 2.45) is 5.92 Å². The lowest BCUT2D eigenvalue weighted by Crippen LogP contribution is -2.28. The Bertz CT molecular complexity index is 787. The molecular formula is C20H21NO4. The second kappa shape index (κ2) is 7.38. The highest BCUT2D eigenvalue weighted by Crippen LogP contribution is 2.31. The number of hydrogen-bond donors (Lipinski definition) is 0. The minimum Gasteiger partial charge on any atom is -0.493 e. The summed E-state index contributed by atoms with van der Waals surface area (Å²) in [5.74, 6) is -0.0808. The lowest BCUT2D eigenvalue weighted by molar-refractivity contribution is -0.139. The quantitative estimate of drug-likeness (QED) is 0.620. The maximum absolute atomic E-state index is 12.5. The zero-order valence-corrected chi connectivity index (χ0v) is 14.4. The number of nitrogens with zero attached hydrogens (tertiary/aromatic N) is 1. The Labute approximate surface area is 147 Å². The lowest BCUT2D eigenvalue weighted by Gasteiger charge is -2.19. The molecule has 5 heteroatoms. The van der Waals surface area contributed by atoms with Gasteiger partial charge in [-0.3, -0.25) is 9.59 Å². The van der Waals surface area contributed by atoms with Crippen molar-refractivity contribution in [1.29, 1.82) is 0 Å². The standard InChI is InChI=1S/C20H21NO4/c1-3-14-8-4-5-9-16(14)21-13-15(12-19(21)22)20(23)25-18-11-7-6-10-17(18)24-2/h4-11,15H,3,12-13H2,1-2H3/t15-/m1/s1. The molecule has 1 fully saturated rings. The average Bonchev–Trinajstić information content (AvgIpc) is 3.03. The van der Waals surface area contributed by atoms with Gasteiger partial charge in [0.05, 0.1) is 13.0 Å². The highest BCUT2D eigenvalue weighted by Gasteiger charge is 2.37. The van der Waals surface area contributed by atoms with E-state index in [0.29, 0.717) is 18.0 Å². The highest BCUT2D eigenvalue weighted by molar-refractivity contribution is 6.00. The summed E-state index contributed by atoms with van der Waals surface area (Å²) < 4.78 is 10.7. The summed E-state index contributed by atoms with van der Waals surface area (Å²) in [5.41, 5.74) is 1.97. The van der Waals surface area contributed by atoms with Crippen molar-refractivity contribution in [3.8, 4) is 11.5 Å². The predicted octanol–water partition coefficient (Wildman–Crippen LogP) is 3.22. The number of anilines is 1. The second-order valence-electron chi connectivity index (χ2n) is 5.96.